The van der Waals surface area contributed by atoms with Crippen LogP contribution in [0.4, 0.5) is 0 Å². The van der Waals surface area contributed by atoms with Crippen molar-refractivity contribution < 1.29 is 60.5 Å². The molecule has 0 bridgehead atoms. The van der Waals surface area contributed by atoms with Crippen molar-refractivity contribution >= 4 is 0 Å². The van der Waals surface area contributed by atoms with Crippen LogP contribution in [0.1, 0.15) is 0 Å². The Labute approximate surface area is 136 Å². The minimum atomic E-state index is -1.57. The Morgan fingerprint density at radius 2 is 0.750 bits per heavy atom. The van der Waals surface area contributed by atoms with Crippen molar-refractivity contribution in [2.24, 2.45) is 0 Å². The van der Waals surface area contributed by atoms with E-state index in [0.717, 1.165) is 0 Å². The largest absolute Gasteiger partial charge is 0.394 e. The Hall–Kier alpha value is -0.480. The van der Waals surface area contributed by atoms with E-state index in [1.807, 2.05) is 0 Å². The summed E-state index contributed by atoms with van der Waals surface area (Å²) in [6.45, 7) is -1.05. The number of hydrogen-bond acceptors (Lipinski definition) is 12. The monoisotopic (exact) mass is 360 g/mol. The van der Waals surface area contributed by atoms with E-state index in [4.69, 9.17) is 51.1 Å². The van der Waals surface area contributed by atoms with Crippen molar-refractivity contribution in [3.63, 3.8) is 0 Å². The van der Waals surface area contributed by atoms with Crippen molar-refractivity contribution in [3.8, 4) is 0 Å². The first-order chi connectivity index (χ1) is 11.1. The molecule has 12 heteroatoms. The van der Waals surface area contributed by atoms with E-state index in [2.05, 4.69) is 9.47 Å². The first kappa shape index (κ1) is 21.6. The smallest absolute Gasteiger partial charge is 0.184 e. The molecule has 0 aromatic carbocycles. The van der Waals surface area contributed by atoms with E-state index >= 15 is 0 Å². The quantitative estimate of drug-likeness (QED) is 0.222. The zero-order chi connectivity index (χ0) is 18.6. The second-order valence-electron chi connectivity index (χ2n) is 5.44. The molecule has 10 atom stereocenters. The second kappa shape index (κ2) is 9.28. The van der Waals surface area contributed by atoms with Gasteiger partial charge < -0.3 is 60.5 Å². The van der Waals surface area contributed by atoms with Gasteiger partial charge >= 0.3 is 0 Å². The van der Waals surface area contributed by atoms with Gasteiger partial charge in [0.25, 0.3) is 0 Å². The van der Waals surface area contributed by atoms with Gasteiger partial charge in [-0.25, -0.2) is 0 Å². The molecule has 2 aliphatic heterocycles. The summed E-state index contributed by atoms with van der Waals surface area (Å²) in [5.74, 6) is 0. The number of rotatable bonds is 2. The van der Waals surface area contributed by atoms with E-state index in [0.29, 0.717) is 0 Å². The molecule has 2 heterocycles. The van der Waals surface area contributed by atoms with Gasteiger partial charge in [0.1, 0.15) is 48.8 Å². The average Bonchev–Trinajstić information content (AvgIpc) is 2.58. The molecule has 0 aromatic rings. The van der Waals surface area contributed by atoms with Gasteiger partial charge in [0.05, 0.1) is 13.2 Å². The van der Waals surface area contributed by atoms with Gasteiger partial charge in [0.2, 0.25) is 0 Å². The highest BCUT2D eigenvalue weighted by atomic mass is 16.6. The van der Waals surface area contributed by atoms with Crippen LogP contribution in [0.5, 0.6) is 0 Å². The molecule has 0 saturated carbocycles. The van der Waals surface area contributed by atoms with E-state index in [-0.39, 0.29) is 0 Å². The first-order valence-corrected chi connectivity index (χ1v) is 7.12. The fourth-order valence-electron chi connectivity index (χ4n) is 2.16. The molecule has 10 N–H and O–H groups in total. The number of aliphatic hydroxyl groups excluding tert-OH is 10. The summed E-state index contributed by atoms with van der Waals surface area (Å²) in [5, 5.41) is 89.3. The molecule has 12 nitrogen and oxygen atoms in total. The fraction of sp³-hybridized carbons (Fsp3) is 1.00. The molecule has 2 fully saturated rings. The Bertz CT molecular complexity index is 326. The minimum Gasteiger partial charge on any atom is -0.394 e. The highest BCUT2D eigenvalue weighted by Crippen LogP contribution is 2.19. The molecule has 0 aromatic heterocycles. The zero-order valence-corrected chi connectivity index (χ0v) is 12.5. The lowest BCUT2D eigenvalue weighted by Gasteiger charge is -2.37. The predicted octanol–water partition coefficient (Wildman–Crippen LogP) is -6.44. The number of hydrogen-bond donors (Lipinski definition) is 10. The first-order valence-electron chi connectivity index (χ1n) is 7.12. The molecule has 144 valence electrons. The molecule has 0 radical (unpaired) electrons. The summed E-state index contributed by atoms with van der Waals surface area (Å²) >= 11 is 0. The van der Waals surface area contributed by atoms with Crippen LogP contribution in [0.3, 0.4) is 0 Å². The lowest BCUT2D eigenvalue weighted by molar-refractivity contribution is -0.286. The highest BCUT2D eigenvalue weighted by molar-refractivity contribution is 4.88. The van der Waals surface area contributed by atoms with Crippen LogP contribution < -0.4 is 0 Å². The molecule has 2 saturated heterocycles. The summed E-state index contributed by atoms with van der Waals surface area (Å²) in [6.07, 6.45) is -14.1. The van der Waals surface area contributed by atoms with E-state index in [9.17, 15) is 0 Å². The lowest BCUT2D eigenvalue weighted by Crippen LogP contribution is -2.58. The average molecular weight is 360 g/mol. The van der Waals surface area contributed by atoms with Crippen molar-refractivity contribution in [2.75, 3.05) is 13.2 Å². The standard InChI is InChI=1S/2C6H12O6/c2*7-1-2-3(8)4(9)5(10)6(11)12-2/h2*2-11H,1H2/t2-,3+,4+,5-,6+;2-,3-,4+,5-,6?/m11/s1. The van der Waals surface area contributed by atoms with Crippen molar-refractivity contribution in [2.45, 2.75) is 61.4 Å². The molecule has 2 aliphatic rings. The predicted molar refractivity (Wildman–Crippen MR) is 72.0 cm³/mol. The number of aliphatic hydroxyl groups is 10. The number of ether oxygens (including phenoxy) is 2. The highest BCUT2D eigenvalue weighted by Gasteiger charge is 2.43. The zero-order valence-electron chi connectivity index (χ0n) is 12.5. The molecule has 24 heavy (non-hydrogen) atoms. The van der Waals surface area contributed by atoms with Gasteiger partial charge in [-0.3, -0.25) is 0 Å². The maximum absolute atomic E-state index is 9.12. The van der Waals surface area contributed by atoms with E-state index < -0.39 is 74.6 Å². The van der Waals surface area contributed by atoms with Crippen LogP contribution in [0.25, 0.3) is 0 Å². The summed E-state index contributed by atoms with van der Waals surface area (Å²) in [6, 6.07) is 0. The van der Waals surface area contributed by atoms with Crippen LogP contribution in [0.15, 0.2) is 0 Å². The van der Waals surface area contributed by atoms with Gasteiger partial charge in [0.15, 0.2) is 12.6 Å². The second-order valence-corrected chi connectivity index (χ2v) is 5.44. The maximum atomic E-state index is 9.12. The van der Waals surface area contributed by atoms with Crippen LogP contribution in [0.2, 0.25) is 0 Å². The normalized spacial score (nSPS) is 49.2. The third kappa shape index (κ3) is 4.78. The third-order valence-electron chi connectivity index (χ3n) is 3.73. The Kier molecular flexibility index (Phi) is 8.34. The SMILES string of the molecule is OC[C@H]1OC(O)[C@H](O)[C@@H](O)[C@@H]1O.OC[C@H]1O[C@H](O)[C@H](O)[C@@H](O)[C@H]1O. The lowest BCUT2D eigenvalue weighted by atomic mass is 10.00. The van der Waals surface area contributed by atoms with Crippen LogP contribution in [-0.4, -0.2) is 126 Å². The molecule has 2 rings (SSSR count). The maximum Gasteiger partial charge on any atom is 0.184 e. The van der Waals surface area contributed by atoms with Crippen molar-refractivity contribution in [1.29, 1.82) is 0 Å². The van der Waals surface area contributed by atoms with Gasteiger partial charge in [0, 0.05) is 0 Å². The summed E-state index contributed by atoms with van der Waals surface area (Å²) in [4.78, 5) is 0. The topological polar surface area (TPSA) is 221 Å². The molecular formula is C12H24O12. The third-order valence-corrected chi connectivity index (χ3v) is 3.73. The van der Waals surface area contributed by atoms with Gasteiger partial charge in [-0.15, -0.1) is 0 Å². The van der Waals surface area contributed by atoms with Crippen molar-refractivity contribution in [1.82, 2.24) is 0 Å². The van der Waals surface area contributed by atoms with Gasteiger partial charge in [-0.05, 0) is 0 Å². The summed E-state index contributed by atoms with van der Waals surface area (Å²) in [5.41, 5.74) is 0. The van der Waals surface area contributed by atoms with Gasteiger partial charge in [-0.1, -0.05) is 0 Å². The van der Waals surface area contributed by atoms with Crippen LogP contribution in [-0.2, 0) is 9.47 Å². The van der Waals surface area contributed by atoms with E-state index in [1.165, 1.54) is 0 Å². The minimum absolute atomic E-state index is 0.526. The Morgan fingerprint density at radius 3 is 1.00 bits per heavy atom. The molecular weight excluding hydrogens is 336 g/mol. The van der Waals surface area contributed by atoms with Gasteiger partial charge in [-0.2, -0.15) is 0 Å². The molecule has 0 spiro atoms. The molecule has 0 aliphatic carbocycles. The Balaban J connectivity index is 0.000000240. The summed E-state index contributed by atoms with van der Waals surface area (Å²) < 4.78 is 9.15. The Morgan fingerprint density at radius 1 is 0.458 bits per heavy atom. The van der Waals surface area contributed by atoms with E-state index in [1.54, 1.807) is 0 Å². The summed E-state index contributed by atoms with van der Waals surface area (Å²) in [7, 11) is 0. The van der Waals surface area contributed by atoms with Crippen molar-refractivity contribution in [3.05, 3.63) is 0 Å². The fourth-order valence-corrected chi connectivity index (χ4v) is 2.16. The van der Waals surface area contributed by atoms with Crippen LogP contribution in [0, 0.1) is 0 Å². The molecule has 0 amide bonds. The molecule has 1 unspecified atom stereocenters. The van der Waals surface area contributed by atoms with Crippen LogP contribution >= 0.6 is 0 Å².